The van der Waals surface area contributed by atoms with E-state index in [0.29, 0.717) is 10.9 Å². The first-order valence-electron chi connectivity index (χ1n) is 9.10. The minimum atomic E-state index is 0.427. The highest BCUT2D eigenvalue weighted by atomic mass is 35.5. The molecule has 6 aromatic rings. The maximum atomic E-state index is 6.43. The summed E-state index contributed by atoms with van der Waals surface area (Å²) in [6.07, 6.45) is 1.82. The molecule has 0 atom stereocenters. The van der Waals surface area contributed by atoms with Crippen molar-refractivity contribution in [3.63, 3.8) is 0 Å². The number of furan rings is 1. The van der Waals surface area contributed by atoms with Gasteiger partial charge < -0.3 is 4.42 Å². The second kappa shape index (κ2) is 5.78. The van der Waals surface area contributed by atoms with E-state index < -0.39 is 0 Å². The van der Waals surface area contributed by atoms with E-state index in [1.807, 2.05) is 35.0 Å². The van der Waals surface area contributed by atoms with E-state index in [1.165, 1.54) is 16.2 Å². The summed E-state index contributed by atoms with van der Waals surface area (Å²) in [7, 11) is 0. The van der Waals surface area contributed by atoms with Gasteiger partial charge >= 0.3 is 5.71 Å². The number of aromatic nitrogens is 2. The fourth-order valence-electron chi connectivity index (χ4n) is 4.00. The van der Waals surface area contributed by atoms with Crippen LogP contribution in [0.1, 0.15) is 0 Å². The van der Waals surface area contributed by atoms with Crippen LogP contribution in [0.15, 0.2) is 89.5 Å². The molecule has 28 heavy (non-hydrogen) atoms. The lowest BCUT2D eigenvalue weighted by atomic mass is 10.00. The van der Waals surface area contributed by atoms with E-state index in [0.717, 1.165) is 27.6 Å². The summed E-state index contributed by atoms with van der Waals surface area (Å²) >= 11 is 6.43. The molecule has 0 saturated carbocycles. The van der Waals surface area contributed by atoms with Gasteiger partial charge in [0, 0.05) is 6.07 Å². The summed E-state index contributed by atoms with van der Waals surface area (Å²) < 4.78 is 8.21. The van der Waals surface area contributed by atoms with Crippen LogP contribution in [-0.2, 0) is 0 Å². The molecule has 0 aliphatic carbocycles. The van der Waals surface area contributed by atoms with E-state index in [4.69, 9.17) is 16.0 Å². The summed E-state index contributed by atoms with van der Waals surface area (Å²) in [6, 6.07) is 26.9. The van der Waals surface area contributed by atoms with E-state index in [-0.39, 0.29) is 0 Å². The number of halogens is 1. The standard InChI is InChI=1S/C24H14ClN2O/c25-22-14-27(24-23(26-22)19-11-5-6-12-21(19)28-24)20-13-15-7-1-2-8-16(15)17-9-3-4-10-18(17)20/h1-14H/q+1. The summed E-state index contributed by atoms with van der Waals surface area (Å²) in [6.45, 7) is 0. The first-order chi connectivity index (χ1) is 13.8. The summed E-state index contributed by atoms with van der Waals surface area (Å²) in [5.41, 5.74) is 3.26. The van der Waals surface area contributed by atoms with Gasteiger partial charge in [0.15, 0.2) is 10.7 Å². The van der Waals surface area contributed by atoms with E-state index >= 15 is 0 Å². The van der Waals surface area contributed by atoms with Gasteiger partial charge in [-0.25, -0.2) is 4.98 Å². The zero-order valence-electron chi connectivity index (χ0n) is 14.8. The van der Waals surface area contributed by atoms with Gasteiger partial charge in [-0.15, -0.1) is 4.57 Å². The Hall–Kier alpha value is -3.43. The lowest BCUT2D eigenvalue weighted by molar-refractivity contribution is -0.573. The predicted octanol–water partition coefficient (Wildman–Crippen LogP) is 6.22. The molecular formula is C24H14ClN2O+. The van der Waals surface area contributed by atoms with Crippen LogP contribution in [0.3, 0.4) is 0 Å². The lowest BCUT2D eigenvalue weighted by Gasteiger charge is -2.07. The van der Waals surface area contributed by atoms with Crippen LogP contribution in [-0.4, -0.2) is 4.98 Å². The van der Waals surface area contributed by atoms with Crippen molar-refractivity contribution in [1.29, 1.82) is 0 Å². The van der Waals surface area contributed by atoms with E-state index in [9.17, 15) is 0 Å². The third kappa shape index (κ3) is 2.17. The Morgan fingerprint density at radius 2 is 1.43 bits per heavy atom. The van der Waals surface area contributed by atoms with Crippen molar-refractivity contribution in [3.8, 4) is 5.69 Å². The van der Waals surface area contributed by atoms with Crippen LogP contribution in [0.5, 0.6) is 0 Å². The second-order valence-corrected chi connectivity index (χ2v) is 7.24. The van der Waals surface area contributed by atoms with E-state index in [2.05, 4.69) is 59.6 Å². The maximum Gasteiger partial charge on any atom is 0.406 e. The predicted molar refractivity (Wildman–Crippen MR) is 113 cm³/mol. The molecule has 4 aromatic carbocycles. The quantitative estimate of drug-likeness (QED) is 0.250. The summed E-state index contributed by atoms with van der Waals surface area (Å²) in [5.74, 6) is 0. The maximum absolute atomic E-state index is 6.43. The number of nitrogens with zero attached hydrogens (tertiary/aromatic N) is 2. The average molecular weight is 382 g/mol. The van der Waals surface area contributed by atoms with Gasteiger partial charge in [0.25, 0.3) is 0 Å². The number of para-hydroxylation sites is 1. The van der Waals surface area contributed by atoms with Crippen molar-refractivity contribution in [1.82, 2.24) is 4.98 Å². The average Bonchev–Trinajstić information content (AvgIpc) is 3.11. The van der Waals surface area contributed by atoms with Crippen molar-refractivity contribution in [3.05, 3.63) is 90.2 Å². The third-order valence-corrected chi connectivity index (χ3v) is 5.41. The van der Waals surface area contributed by atoms with Gasteiger partial charge in [-0.05, 0) is 34.4 Å². The molecule has 0 fully saturated rings. The first-order valence-corrected chi connectivity index (χ1v) is 9.48. The Kier molecular flexibility index (Phi) is 3.22. The smallest absolute Gasteiger partial charge is 0.402 e. The van der Waals surface area contributed by atoms with Crippen molar-refractivity contribution >= 4 is 55.3 Å². The van der Waals surface area contributed by atoms with Gasteiger partial charge in [-0.3, -0.25) is 0 Å². The normalized spacial score (nSPS) is 11.8. The second-order valence-electron chi connectivity index (χ2n) is 6.85. The number of rotatable bonds is 1. The lowest BCUT2D eigenvalue weighted by Crippen LogP contribution is -2.31. The van der Waals surface area contributed by atoms with Crippen LogP contribution in [0.2, 0.25) is 5.15 Å². The van der Waals surface area contributed by atoms with Gasteiger partial charge in [-0.2, -0.15) is 0 Å². The third-order valence-electron chi connectivity index (χ3n) is 5.23. The molecule has 0 spiro atoms. The molecule has 0 aliphatic rings. The Bertz CT molecular complexity index is 1530. The molecule has 4 heteroatoms. The van der Waals surface area contributed by atoms with Crippen molar-refractivity contribution < 1.29 is 8.98 Å². The molecule has 6 rings (SSSR count). The Balaban J connectivity index is 1.82. The van der Waals surface area contributed by atoms with Gasteiger partial charge in [0.1, 0.15) is 5.58 Å². The Labute approximate surface area is 165 Å². The fourth-order valence-corrected chi connectivity index (χ4v) is 4.19. The zero-order valence-corrected chi connectivity index (χ0v) is 15.5. The largest absolute Gasteiger partial charge is 0.406 e. The molecule has 0 unspecified atom stereocenters. The zero-order chi connectivity index (χ0) is 18.7. The molecule has 0 radical (unpaired) electrons. The SMILES string of the molecule is Clc1c[n+](-c2cc3ccccc3c3ccccc23)c2oc3ccccc3c2n1. The van der Waals surface area contributed by atoms with Gasteiger partial charge in [0.2, 0.25) is 11.9 Å². The van der Waals surface area contributed by atoms with Gasteiger partial charge in [-0.1, -0.05) is 66.2 Å². The minimum Gasteiger partial charge on any atom is -0.402 e. The molecule has 0 N–H and O–H groups in total. The van der Waals surface area contributed by atoms with Crippen LogP contribution in [0, 0.1) is 0 Å². The van der Waals surface area contributed by atoms with Crippen molar-refractivity contribution in [2.45, 2.75) is 0 Å². The number of hydrogen-bond acceptors (Lipinski definition) is 2. The Morgan fingerprint density at radius 3 is 2.29 bits per heavy atom. The van der Waals surface area contributed by atoms with Gasteiger partial charge in [0.05, 0.1) is 10.8 Å². The number of benzene rings is 4. The molecule has 0 amide bonds. The molecule has 0 aliphatic heterocycles. The molecule has 2 aromatic heterocycles. The molecule has 2 heterocycles. The molecule has 0 bridgehead atoms. The fraction of sp³-hybridized carbons (Fsp3) is 0. The topological polar surface area (TPSA) is 29.9 Å². The highest BCUT2D eigenvalue weighted by Crippen LogP contribution is 2.31. The monoisotopic (exact) mass is 381 g/mol. The van der Waals surface area contributed by atoms with Crippen molar-refractivity contribution in [2.24, 2.45) is 0 Å². The highest BCUT2D eigenvalue weighted by Gasteiger charge is 2.24. The van der Waals surface area contributed by atoms with Crippen molar-refractivity contribution in [2.75, 3.05) is 0 Å². The molecule has 132 valence electrons. The minimum absolute atomic E-state index is 0.427. The summed E-state index contributed by atoms with van der Waals surface area (Å²) in [4.78, 5) is 4.54. The van der Waals surface area contributed by atoms with Crippen LogP contribution >= 0.6 is 11.6 Å². The summed E-state index contributed by atoms with van der Waals surface area (Å²) in [5, 5.41) is 6.11. The van der Waals surface area contributed by atoms with Crippen LogP contribution in [0.4, 0.5) is 0 Å². The number of fused-ring (bicyclic) bond motifs is 6. The molecular weight excluding hydrogens is 368 g/mol. The van der Waals surface area contributed by atoms with Crippen LogP contribution in [0.25, 0.3) is 49.4 Å². The van der Waals surface area contributed by atoms with Crippen LogP contribution < -0.4 is 4.57 Å². The molecule has 0 saturated heterocycles. The number of hydrogen-bond donors (Lipinski definition) is 0. The van der Waals surface area contributed by atoms with E-state index in [1.54, 1.807) is 0 Å². The molecule has 3 nitrogen and oxygen atoms in total. The first kappa shape index (κ1) is 15.6. The highest BCUT2D eigenvalue weighted by molar-refractivity contribution is 6.29. The Morgan fingerprint density at radius 1 is 0.750 bits per heavy atom.